The lowest BCUT2D eigenvalue weighted by molar-refractivity contribution is -0.134. The van der Waals surface area contributed by atoms with Gasteiger partial charge < -0.3 is 24.4 Å². The predicted octanol–water partition coefficient (Wildman–Crippen LogP) is 5.04. The monoisotopic (exact) mass is 480 g/mol. The second-order valence-corrected chi connectivity index (χ2v) is 9.24. The van der Waals surface area contributed by atoms with Crippen LogP contribution in [0.2, 0.25) is 5.02 Å². The van der Waals surface area contributed by atoms with Gasteiger partial charge in [-0.2, -0.15) is 0 Å². The number of aliphatic hydroxyl groups is 2. The zero-order valence-corrected chi connectivity index (χ0v) is 20.1. The molecule has 182 valence electrons. The van der Waals surface area contributed by atoms with Crippen molar-refractivity contribution in [2.24, 2.45) is 0 Å². The normalized spacial score (nSPS) is 23.8. The maximum atomic E-state index is 13.9. The minimum Gasteiger partial charge on any atom is -0.494 e. The van der Waals surface area contributed by atoms with E-state index in [1.807, 2.05) is 43.3 Å². The number of rotatable bonds is 8. The van der Waals surface area contributed by atoms with Gasteiger partial charge in [0.15, 0.2) is 5.67 Å². The number of hydrogen-bond donors (Lipinski definition) is 2. The van der Waals surface area contributed by atoms with E-state index in [1.165, 1.54) is 0 Å². The third kappa shape index (κ3) is 7.39. The Morgan fingerprint density at radius 3 is 2.48 bits per heavy atom. The topological polar surface area (TPSA) is 68.2 Å². The first-order chi connectivity index (χ1) is 15.9. The highest BCUT2D eigenvalue weighted by molar-refractivity contribution is 6.31. The fourth-order valence-corrected chi connectivity index (χ4v) is 4.42. The van der Waals surface area contributed by atoms with Gasteiger partial charge in [-0.15, -0.1) is 0 Å². The van der Waals surface area contributed by atoms with Crippen molar-refractivity contribution < 1.29 is 28.8 Å². The van der Waals surface area contributed by atoms with Crippen LogP contribution in [0.1, 0.15) is 55.4 Å². The molecule has 33 heavy (non-hydrogen) atoms. The minimum absolute atomic E-state index is 0.0397. The molecule has 2 heterocycles. The van der Waals surface area contributed by atoms with Gasteiger partial charge in [-0.05, 0) is 67.5 Å². The highest BCUT2D eigenvalue weighted by Crippen LogP contribution is 2.34. The number of hydrogen-bond acceptors (Lipinski definition) is 5. The average Bonchev–Trinajstić information content (AvgIpc) is 2.79. The van der Waals surface area contributed by atoms with Gasteiger partial charge in [0.05, 0.1) is 38.1 Å². The molecule has 0 bridgehead atoms. The summed E-state index contributed by atoms with van der Waals surface area (Å²) in [4.78, 5) is 0. The second kappa shape index (κ2) is 12.1. The predicted molar refractivity (Wildman–Crippen MR) is 127 cm³/mol. The number of ether oxygens (including phenoxy) is 3. The highest BCUT2D eigenvalue weighted by atomic mass is 35.5. The van der Waals surface area contributed by atoms with E-state index in [4.69, 9.17) is 30.9 Å². The summed E-state index contributed by atoms with van der Waals surface area (Å²) in [7, 11) is 1.00. The van der Waals surface area contributed by atoms with Gasteiger partial charge in [0.25, 0.3) is 0 Å². The zero-order valence-electron chi connectivity index (χ0n) is 19.3. The van der Waals surface area contributed by atoms with E-state index in [-0.39, 0.29) is 31.5 Å². The molecule has 2 saturated heterocycles. The van der Waals surface area contributed by atoms with E-state index >= 15 is 0 Å². The molecule has 2 aromatic rings. The Bertz CT molecular complexity index is 861. The summed E-state index contributed by atoms with van der Waals surface area (Å²) in [6.07, 6.45) is 2.71. The van der Waals surface area contributed by atoms with Gasteiger partial charge in [0.1, 0.15) is 5.75 Å². The van der Waals surface area contributed by atoms with Crippen LogP contribution in [0.5, 0.6) is 5.75 Å². The van der Waals surface area contributed by atoms with Crippen LogP contribution in [0, 0.1) is 0 Å². The van der Waals surface area contributed by atoms with E-state index in [0.29, 0.717) is 43.7 Å². The number of benzene rings is 2. The first-order valence-corrected chi connectivity index (χ1v) is 11.8. The summed E-state index contributed by atoms with van der Waals surface area (Å²) in [5.74, 6) is 0.778. The van der Waals surface area contributed by atoms with Crippen molar-refractivity contribution in [1.29, 1.82) is 0 Å². The van der Waals surface area contributed by atoms with Gasteiger partial charge in [-0.25, -0.2) is 4.39 Å². The summed E-state index contributed by atoms with van der Waals surface area (Å²) in [6.45, 7) is 2.90. The molecule has 0 saturated carbocycles. The molecule has 4 rings (SSSR count). The van der Waals surface area contributed by atoms with Crippen LogP contribution in [0.15, 0.2) is 42.5 Å². The van der Waals surface area contributed by atoms with Crippen molar-refractivity contribution in [1.82, 2.24) is 0 Å². The lowest BCUT2D eigenvalue weighted by Gasteiger charge is -2.33. The minimum atomic E-state index is -1.15. The van der Waals surface area contributed by atoms with Crippen LogP contribution in [0.3, 0.4) is 0 Å². The number of alkyl halides is 1. The number of halogens is 2. The van der Waals surface area contributed by atoms with Crippen LogP contribution in [-0.4, -0.2) is 55.0 Å². The van der Waals surface area contributed by atoms with Crippen molar-refractivity contribution in [3.63, 3.8) is 0 Å². The number of aliphatic hydroxyl groups excluding tert-OH is 2. The Kier molecular flexibility index (Phi) is 9.53. The molecule has 2 aliphatic rings. The smallest absolute Gasteiger partial charge is 0.157 e. The van der Waals surface area contributed by atoms with Crippen molar-refractivity contribution in [3.05, 3.63) is 64.2 Å². The van der Waals surface area contributed by atoms with Gasteiger partial charge in [0, 0.05) is 18.6 Å². The van der Waals surface area contributed by atoms with Crippen LogP contribution < -0.4 is 4.74 Å². The average molecular weight is 481 g/mol. The van der Waals surface area contributed by atoms with Gasteiger partial charge in [-0.3, -0.25) is 0 Å². The summed E-state index contributed by atoms with van der Waals surface area (Å²) in [6, 6.07) is 13.9. The molecule has 0 spiro atoms. The van der Waals surface area contributed by atoms with Gasteiger partial charge in [-0.1, -0.05) is 35.9 Å². The van der Waals surface area contributed by atoms with Crippen molar-refractivity contribution in [3.8, 4) is 5.75 Å². The van der Waals surface area contributed by atoms with E-state index in [9.17, 15) is 9.50 Å². The summed E-state index contributed by atoms with van der Waals surface area (Å²) in [5, 5.41) is 17.8. The molecule has 0 radical (unpaired) electrons. The molecule has 5 nitrogen and oxygen atoms in total. The van der Waals surface area contributed by atoms with E-state index in [0.717, 1.165) is 29.5 Å². The molecule has 7 heteroatoms. The van der Waals surface area contributed by atoms with Gasteiger partial charge >= 0.3 is 0 Å². The molecule has 2 aromatic carbocycles. The summed E-state index contributed by atoms with van der Waals surface area (Å²) < 4.78 is 30.6. The molecule has 0 aromatic heterocycles. The van der Waals surface area contributed by atoms with Crippen molar-refractivity contribution >= 4 is 11.6 Å². The SMILES string of the molecule is CC1CC(O)CC(c2ccc(Cl)c(Cc3ccc(OCCCC4(F)COC4)cc3)c2)O1.CO. The van der Waals surface area contributed by atoms with Crippen molar-refractivity contribution in [2.75, 3.05) is 26.9 Å². The Morgan fingerprint density at radius 1 is 1.12 bits per heavy atom. The maximum absolute atomic E-state index is 13.9. The van der Waals surface area contributed by atoms with Crippen LogP contribution in [0.4, 0.5) is 4.39 Å². The van der Waals surface area contributed by atoms with Crippen LogP contribution in [-0.2, 0) is 15.9 Å². The quantitative estimate of drug-likeness (QED) is 0.518. The molecule has 2 aliphatic heterocycles. The van der Waals surface area contributed by atoms with E-state index in [1.54, 1.807) is 0 Å². The lowest BCUT2D eigenvalue weighted by atomic mass is 9.94. The maximum Gasteiger partial charge on any atom is 0.157 e. The molecular formula is C26H34ClFO5. The van der Waals surface area contributed by atoms with Crippen LogP contribution in [0.25, 0.3) is 0 Å². The standard InChI is InChI=1S/C25H30ClFO4.CH4O/c1-17-11-21(28)14-24(31-17)19-5-8-23(26)20(13-19)12-18-3-6-22(7-4-18)30-10-2-9-25(27)15-29-16-25;1-2/h3-8,13,17,21,24,28H,2,9-12,14-16H2,1H3;2H,1H3. The van der Waals surface area contributed by atoms with Gasteiger partial charge in [0.2, 0.25) is 0 Å². The second-order valence-electron chi connectivity index (χ2n) is 8.83. The molecule has 2 N–H and O–H groups in total. The first kappa shape index (κ1) is 25.9. The molecule has 0 amide bonds. The Labute approximate surface area is 200 Å². The third-order valence-electron chi connectivity index (χ3n) is 6.01. The highest BCUT2D eigenvalue weighted by Gasteiger charge is 2.37. The van der Waals surface area contributed by atoms with Crippen LogP contribution >= 0.6 is 11.6 Å². The Balaban J connectivity index is 0.00000149. The third-order valence-corrected chi connectivity index (χ3v) is 6.37. The largest absolute Gasteiger partial charge is 0.494 e. The first-order valence-electron chi connectivity index (χ1n) is 11.5. The zero-order chi connectivity index (χ0) is 23.8. The molecule has 3 atom stereocenters. The van der Waals surface area contributed by atoms with Crippen molar-refractivity contribution in [2.45, 2.75) is 63.0 Å². The molecule has 0 aliphatic carbocycles. The van der Waals surface area contributed by atoms with E-state index < -0.39 is 5.67 Å². The Morgan fingerprint density at radius 2 is 1.85 bits per heavy atom. The van der Waals surface area contributed by atoms with E-state index in [2.05, 4.69) is 6.07 Å². The molecular weight excluding hydrogens is 447 g/mol. The molecule has 2 fully saturated rings. The molecule has 3 unspecified atom stereocenters. The Hall–Kier alpha value is -1.70. The summed E-state index contributed by atoms with van der Waals surface area (Å²) in [5.41, 5.74) is 2.05. The fraction of sp³-hybridized carbons (Fsp3) is 0.538. The lowest BCUT2D eigenvalue weighted by Crippen LogP contribution is -2.45. The fourth-order valence-electron chi connectivity index (χ4n) is 4.23. The summed E-state index contributed by atoms with van der Waals surface area (Å²) >= 11 is 6.46.